The molecule has 0 fully saturated rings. The van der Waals surface area contributed by atoms with Gasteiger partial charge in [0.15, 0.2) is 23.0 Å². The topological polar surface area (TPSA) is 57.9 Å². The zero-order valence-corrected chi connectivity index (χ0v) is 17.8. The lowest BCUT2D eigenvalue weighted by atomic mass is 10.1. The Kier molecular flexibility index (Phi) is 6.23. The molecule has 0 saturated heterocycles. The van der Waals surface area contributed by atoms with Crippen molar-refractivity contribution in [3.63, 3.8) is 0 Å². The van der Waals surface area contributed by atoms with Gasteiger partial charge in [0.05, 0.1) is 10.0 Å². The van der Waals surface area contributed by atoms with Crippen molar-refractivity contribution in [2.45, 2.75) is 6.61 Å². The first-order chi connectivity index (χ1) is 14.5. The molecule has 3 aromatic rings. The smallest absolute Gasteiger partial charge is 0.186 e. The molecule has 30 heavy (non-hydrogen) atoms. The van der Waals surface area contributed by atoms with Crippen molar-refractivity contribution in [1.29, 1.82) is 0 Å². The van der Waals surface area contributed by atoms with Crippen LogP contribution >= 0.6 is 34.8 Å². The number of carbonyl (C=O) groups is 1. The fraction of sp³-hybridized carbons (Fsp3) is 0.136. The number of rotatable bonds is 6. The second-order valence-corrected chi connectivity index (χ2v) is 7.60. The van der Waals surface area contributed by atoms with Crippen LogP contribution in [0.5, 0.6) is 17.2 Å². The largest absolute Gasteiger partial charge is 0.486 e. The van der Waals surface area contributed by atoms with Crippen LogP contribution in [0.15, 0.2) is 53.0 Å². The number of halogens is 3. The molecule has 0 saturated carbocycles. The van der Waals surface area contributed by atoms with E-state index in [0.29, 0.717) is 62.6 Å². The maximum atomic E-state index is 12.4. The van der Waals surface area contributed by atoms with E-state index in [0.717, 1.165) is 0 Å². The normalized spacial score (nSPS) is 12.9. The van der Waals surface area contributed by atoms with Crippen LogP contribution < -0.4 is 14.2 Å². The van der Waals surface area contributed by atoms with Crippen molar-refractivity contribution >= 4 is 46.7 Å². The highest BCUT2D eigenvalue weighted by molar-refractivity contribution is 6.40. The molecule has 2 aromatic carbocycles. The van der Waals surface area contributed by atoms with Crippen LogP contribution in [0.3, 0.4) is 0 Å². The number of hydrogen-bond donors (Lipinski definition) is 0. The SMILES string of the molecule is O=C(/C=C/c1ccc(COc2c(Cl)cc(Cl)cc2Cl)o1)c1ccc2c(c1)OCCO2. The average molecular weight is 466 g/mol. The lowest BCUT2D eigenvalue weighted by molar-refractivity contribution is 0.104. The van der Waals surface area contributed by atoms with Crippen LogP contribution in [-0.4, -0.2) is 19.0 Å². The van der Waals surface area contributed by atoms with Gasteiger partial charge in [-0.1, -0.05) is 34.8 Å². The molecule has 0 atom stereocenters. The third kappa shape index (κ3) is 4.75. The van der Waals surface area contributed by atoms with Gasteiger partial charge in [-0.2, -0.15) is 0 Å². The van der Waals surface area contributed by atoms with Crippen molar-refractivity contribution in [3.8, 4) is 17.2 Å². The van der Waals surface area contributed by atoms with Gasteiger partial charge in [-0.25, -0.2) is 0 Å². The summed E-state index contributed by atoms with van der Waals surface area (Å²) in [6.07, 6.45) is 3.02. The number of furan rings is 1. The van der Waals surface area contributed by atoms with Gasteiger partial charge < -0.3 is 18.6 Å². The zero-order valence-electron chi connectivity index (χ0n) is 15.5. The number of allylic oxidation sites excluding steroid dienone is 1. The van der Waals surface area contributed by atoms with Crippen LogP contribution in [0.25, 0.3) is 6.08 Å². The molecule has 4 rings (SSSR count). The molecule has 2 heterocycles. The third-order valence-corrected chi connectivity index (χ3v) is 5.01. The molecule has 154 valence electrons. The van der Waals surface area contributed by atoms with Crippen molar-refractivity contribution in [1.82, 2.24) is 0 Å². The zero-order chi connectivity index (χ0) is 21.1. The summed E-state index contributed by atoms with van der Waals surface area (Å²) in [5.41, 5.74) is 0.498. The van der Waals surface area contributed by atoms with Crippen LogP contribution in [0, 0.1) is 0 Å². The summed E-state index contributed by atoms with van der Waals surface area (Å²) in [5.74, 6) is 2.40. The standard InChI is InChI=1S/C22H15Cl3O5/c23-14-10-17(24)22(18(25)11-14)29-12-16-3-2-15(30-16)4-5-19(26)13-1-6-20-21(9-13)28-8-7-27-20/h1-6,9-11H,7-8,12H2/b5-4+. The van der Waals surface area contributed by atoms with Crippen LogP contribution in [-0.2, 0) is 6.61 Å². The van der Waals surface area contributed by atoms with Gasteiger partial charge in [0.2, 0.25) is 0 Å². The molecule has 0 radical (unpaired) electrons. The molecule has 0 spiro atoms. The number of ether oxygens (including phenoxy) is 3. The maximum Gasteiger partial charge on any atom is 0.186 e. The van der Waals surface area contributed by atoms with E-state index in [1.54, 1.807) is 48.5 Å². The fourth-order valence-electron chi connectivity index (χ4n) is 2.82. The Morgan fingerprint density at radius 1 is 0.967 bits per heavy atom. The Hall–Kier alpha value is -2.60. The Morgan fingerprint density at radius 3 is 2.47 bits per heavy atom. The highest BCUT2D eigenvalue weighted by Gasteiger charge is 2.14. The molecule has 0 aliphatic carbocycles. The quantitative estimate of drug-likeness (QED) is 0.308. The predicted molar refractivity (Wildman–Crippen MR) is 115 cm³/mol. The minimum atomic E-state index is -0.180. The first kappa shape index (κ1) is 20.7. The van der Waals surface area contributed by atoms with E-state index >= 15 is 0 Å². The minimum absolute atomic E-state index is 0.116. The number of benzene rings is 2. The van der Waals surface area contributed by atoms with Crippen molar-refractivity contribution in [3.05, 3.63) is 80.7 Å². The molecule has 0 N–H and O–H groups in total. The van der Waals surface area contributed by atoms with Gasteiger partial charge in [-0.15, -0.1) is 0 Å². The second-order valence-electron chi connectivity index (χ2n) is 6.35. The van der Waals surface area contributed by atoms with E-state index in [9.17, 15) is 4.79 Å². The first-order valence-electron chi connectivity index (χ1n) is 8.98. The number of hydrogen-bond acceptors (Lipinski definition) is 5. The Bertz CT molecular complexity index is 1100. The van der Waals surface area contributed by atoms with E-state index in [4.69, 9.17) is 53.4 Å². The lowest BCUT2D eigenvalue weighted by Gasteiger charge is -2.18. The van der Waals surface area contributed by atoms with E-state index < -0.39 is 0 Å². The summed E-state index contributed by atoms with van der Waals surface area (Å²) in [6, 6.07) is 11.7. The second kappa shape index (κ2) is 9.04. The summed E-state index contributed by atoms with van der Waals surface area (Å²) in [5, 5.41) is 1.04. The predicted octanol–water partition coefficient (Wildman–Crippen LogP) is 6.49. The molecule has 0 bridgehead atoms. The first-order valence-corrected chi connectivity index (χ1v) is 10.1. The van der Waals surface area contributed by atoms with E-state index in [1.165, 1.54) is 6.08 Å². The van der Waals surface area contributed by atoms with Crippen molar-refractivity contribution in [2.24, 2.45) is 0 Å². The van der Waals surface area contributed by atoms with Gasteiger partial charge in [0, 0.05) is 10.6 Å². The van der Waals surface area contributed by atoms with Gasteiger partial charge in [-0.3, -0.25) is 4.79 Å². The maximum absolute atomic E-state index is 12.4. The molecule has 8 heteroatoms. The van der Waals surface area contributed by atoms with Gasteiger partial charge >= 0.3 is 0 Å². The lowest BCUT2D eigenvalue weighted by Crippen LogP contribution is -2.15. The summed E-state index contributed by atoms with van der Waals surface area (Å²) >= 11 is 18.1. The van der Waals surface area contributed by atoms with Gasteiger partial charge in [-0.05, 0) is 54.6 Å². The Morgan fingerprint density at radius 2 is 1.70 bits per heavy atom. The number of ketones is 1. The van der Waals surface area contributed by atoms with Crippen molar-refractivity contribution in [2.75, 3.05) is 13.2 Å². The van der Waals surface area contributed by atoms with Crippen LogP contribution in [0.4, 0.5) is 0 Å². The van der Waals surface area contributed by atoms with E-state index in [-0.39, 0.29) is 12.4 Å². The molecule has 1 aliphatic rings. The van der Waals surface area contributed by atoms with Crippen LogP contribution in [0.1, 0.15) is 21.9 Å². The fourth-order valence-corrected chi connectivity index (χ4v) is 3.75. The molecule has 0 amide bonds. The number of fused-ring (bicyclic) bond motifs is 1. The highest BCUT2D eigenvalue weighted by Crippen LogP contribution is 2.36. The van der Waals surface area contributed by atoms with Gasteiger partial charge in [0.25, 0.3) is 0 Å². The Balaban J connectivity index is 1.39. The third-order valence-electron chi connectivity index (χ3n) is 4.23. The summed E-state index contributed by atoms with van der Waals surface area (Å²) in [4.78, 5) is 12.4. The highest BCUT2D eigenvalue weighted by atomic mass is 35.5. The molecular weight excluding hydrogens is 451 g/mol. The van der Waals surface area contributed by atoms with Crippen molar-refractivity contribution < 1.29 is 23.4 Å². The average Bonchev–Trinajstić information content (AvgIpc) is 3.18. The Labute approximate surface area is 187 Å². The molecule has 0 unspecified atom stereocenters. The van der Waals surface area contributed by atoms with Crippen LogP contribution in [0.2, 0.25) is 15.1 Å². The molecule has 5 nitrogen and oxygen atoms in total. The molecular formula is C22H15Cl3O5. The number of carbonyl (C=O) groups excluding carboxylic acids is 1. The molecule has 1 aliphatic heterocycles. The molecule has 1 aromatic heterocycles. The van der Waals surface area contributed by atoms with E-state index in [2.05, 4.69) is 0 Å². The van der Waals surface area contributed by atoms with E-state index in [1.807, 2.05) is 0 Å². The monoisotopic (exact) mass is 464 g/mol. The summed E-state index contributed by atoms with van der Waals surface area (Å²) < 4.78 is 22.3. The summed E-state index contributed by atoms with van der Waals surface area (Å²) in [6.45, 7) is 1.08. The summed E-state index contributed by atoms with van der Waals surface area (Å²) in [7, 11) is 0. The minimum Gasteiger partial charge on any atom is -0.486 e. The van der Waals surface area contributed by atoms with Gasteiger partial charge in [0.1, 0.15) is 31.3 Å².